The Kier molecular flexibility index (Phi) is 5.46. The number of rotatable bonds is 5. The summed E-state index contributed by atoms with van der Waals surface area (Å²) in [6, 6.07) is 12.7. The van der Waals surface area contributed by atoms with E-state index in [1.165, 1.54) is 0 Å². The number of carbonyl (C=O) groups excluding carboxylic acids is 2. The van der Waals surface area contributed by atoms with Crippen molar-refractivity contribution in [2.75, 3.05) is 0 Å². The molecule has 29 heavy (non-hydrogen) atoms. The highest BCUT2D eigenvalue weighted by Crippen LogP contribution is 2.19. The fourth-order valence-electron chi connectivity index (χ4n) is 4.00. The lowest BCUT2D eigenvalue weighted by molar-refractivity contribution is -0.121. The average molecular weight is 392 g/mol. The Labute approximate surface area is 167 Å². The van der Waals surface area contributed by atoms with E-state index in [9.17, 15) is 14.4 Å². The first kappa shape index (κ1) is 19.0. The highest BCUT2D eigenvalue weighted by atomic mass is 16.2. The summed E-state index contributed by atoms with van der Waals surface area (Å²) < 4.78 is 0. The van der Waals surface area contributed by atoms with Gasteiger partial charge in [-0.3, -0.25) is 14.4 Å². The number of pyridine rings is 1. The number of hydrogen-bond acceptors (Lipinski definition) is 3. The van der Waals surface area contributed by atoms with Crippen molar-refractivity contribution in [2.24, 2.45) is 0 Å². The van der Waals surface area contributed by atoms with Gasteiger partial charge in [-0.05, 0) is 55.3 Å². The van der Waals surface area contributed by atoms with E-state index in [1.54, 1.807) is 24.4 Å². The van der Waals surface area contributed by atoms with Crippen LogP contribution in [0.3, 0.4) is 0 Å². The lowest BCUT2D eigenvalue weighted by Crippen LogP contribution is -2.46. The van der Waals surface area contributed by atoms with Crippen LogP contribution in [0.25, 0.3) is 10.8 Å². The molecule has 4 N–H and O–H groups in total. The molecule has 7 heteroatoms. The maximum atomic E-state index is 12.5. The first-order valence-electron chi connectivity index (χ1n) is 9.93. The molecule has 0 saturated heterocycles. The van der Waals surface area contributed by atoms with Crippen molar-refractivity contribution in [1.29, 1.82) is 0 Å². The van der Waals surface area contributed by atoms with Crippen LogP contribution in [0.5, 0.6) is 0 Å². The third-order valence-electron chi connectivity index (χ3n) is 5.38. The molecule has 1 aliphatic rings. The van der Waals surface area contributed by atoms with E-state index in [-0.39, 0.29) is 35.9 Å². The third kappa shape index (κ3) is 4.56. The van der Waals surface area contributed by atoms with Gasteiger partial charge >= 0.3 is 0 Å². The number of aromatic nitrogens is 2. The number of hydrogen-bond donors (Lipinski definition) is 4. The number of carbonyl (C=O) groups is 2. The van der Waals surface area contributed by atoms with Gasteiger partial charge in [0.1, 0.15) is 5.69 Å². The molecule has 2 heterocycles. The van der Waals surface area contributed by atoms with E-state index in [4.69, 9.17) is 0 Å². The van der Waals surface area contributed by atoms with E-state index in [0.29, 0.717) is 23.2 Å². The Hall–Kier alpha value is -3.35. The van der Waals surface area contributed by atoms with Crippen molar-refractivity contribution in [3.8, 4) is 0 Å². The third-order valence-corrected chi connectivity index (χ3v) is 5.38. The van der Waals surface area contributed by atoms with Crippen LogP contribution in [0, 0.1) is 0 Å². The van der Waals surface area contributed by atoms with Gasteiger partial charge in [0, 0.05) is 29.4 Å². The minimum absolute atomic E-state index is 0.0115. The van der Waals surface area contributed by atoms with Crippen molar-refractivity contribution in [2.45, 2.75) is 44.2 Å². The molecule has 1 aromatic carbocycles. The summed E-state index contributed by atoms with van der Waals surface area (Å²) in [5.41, 5.74) is 0.950. The van der Waals surface area contributed by atoms with Crippen molar-refractivity contribution in [3.63, 3.8) is 0 Å². The highest BCUT2D eigenvalue weighted by molar-refractivity contribution is 5.92. The topological polar surface area (TPSA) is 107 Å². The van der Waals surface area contributed by atoms with Gasteiger partial charge in [0.05, 0.1) is 6.42 Å². The smallest absolute Gasteiger partial charge is 0.267 e. The average Bonchev–Trinajstić information content (AvgIpc) is 3.23. The zero-order chi connectivity index (χ0) is 20.2. The van der Waals surface area contributed by atoms with Crippen LogP contribution in [0.2, 0.25) is 0 Å². The number of amides is 2. The van der Waals surface area contributed by atoms with E-state index in [1.807, 2.05) is 24.3 Å². The van der Waals surface area contributed by atoms with Crippen LogP contribution in [-0.2, 0) is 11.2 Å². The lowest BCUT2D eigenvalue weighted by atomic mass is 9.90. The Morgan fingerprint density at radius 1 is 1.03 bits per heavy atom. The number of fused-ring (bicyclic) bond motifs is 1. The molecule has 2 unspecified atom stereocenters. The zero-order valence-corrected chi connectivity index (χ0v) is 16.0. The normalized spacial score (nSPS) is 19.0. The van der Waals surface area contributed by atoms with Gasteiger partial charge in [0.2, 0.25) is 5.91 Å². The fourth-order valence-corrected chi connectivity index (χ4v) is 4.00. The molecule has 1 fully saturated rings. The highest BCUT2D eigenvalue weighted by Gasteiger charge is 2.25. The summed E-state index contributed by atoms with van der Waals surface area (Å²) in [7, 11) is 0. The summed E-state index contributed by atoms with van der Waals surface area (Å²) in [6.45, 7) is 0. The van der Waals surface area contributed by atoms with E-state index < -0.39 is 0 Å². The van der Waals surface area contributed by atoms with E-state index >= 15 is 0 Å². The van der Waals surface area contributed by atoms with Crippen LogP contribution in [-0.4, -0.2) is 33.9 Å². The first-order chi connectivity index (χ1) is 14.1. The number of aromatic amines is 2. The van der Waals surface area contributed by atoms with Crippen molar-refractivity contribution in [3.05, 3.63) is 70.4 Å². The second-order valence-electron chi connectivity index (χ2n) is 7.57. The predicted molar refractivity (Wildman–Crippen MR) is 111 cm³/mol. The maximum absolute atomic E-state index is 12.5. The van der Waals surface area contributed by atoms with Gasteiger partial charge in [-0.1, -0.05) is 18.2 Å². The lowest BCUT2D eigenvalue weighted by Gasteiger charge is -2.30. The van der Waals surface area contributed by atoms with Gasteiger partial charge in [0.25, 0.3) is 11.5 Å². The molecule has 0 spiro atoms. The maximum Gasteiger partial charge on any atom is 0.267 e. The minimum atomic E-state index is -0.185. The summed E-state index contributed by atoms with van der Waals surface area (Å²) in [4.78, 5) is 42.6. The first-order valence-corrected chi connectivity index (χ1v) is 9.93. The molecule has 0 radical (unpaired) electrons. The molecule has 1 aliphatic carbocycles. The molecule has 1 saturated carbocycles. The van der Waals surface area contributed by atoms with Gasteiger partial charge in [0.15, 0.2) is 0 Å². The summed E-state index contributed by atoms with van der Waals surface area (Å²) in [5, 5.41) is 7.52. The molecule has 3 aromatic rings. The van der Waals surface area contributed by atoms with Crippen LogP contribution in [0.1, 0.15) is 41.9 Å². The fraction of sp³-hybridized carbons (Fsp3) is 0.318. The molecule has 4 rings (SSSR count). The zero-order valence-electron chi connectivity index (χ0n) is 16.0. The van der Waals surface area contributed by atoms with Crippen molar-refractivity contribution < 1.29 is 9.59 Å². The molecule has 0 aliphatic heterocycles. The molecule has 150 valence electrons. The molecule has 2 atom stereocenters. The number of H-pyrrole nitrogens is 2. The van der Waals surface area contributed by atoms with Crippen LogP contribution < -0.4 is 16.2 Å². The van der Waals surface area contributed by atoms with E-state index in [0.717, 1.165) is 24.6 Å². The Morgan fingerprint density at radius 3 is 2.62 bits per heavy atom. The monoisotopic (exact) mass is 392 g/mol. The number of benzene rings is 1. The molecule has 7 nitrogen and oxygen atoms in total. The quantitative estimate of drug-likeness (QED) is 0.535. The minimum Gasteiger partial charge on any atom is -0.357 e. The van der Waals surface area contributed by atoms with Gasteiger partial charge in [-0.15, -0.1) is 0 Å². The summed E-state index contributed by atoms with van der Waals surface area (Å²) >= 11 is 0. The predicted octanol–water partition coefficient (Wildman–Crippen LogP) is 2.26. The molecule has 2 aromatic heterocycles. The van der Waals surface area contributed by atoms with Crippen molar-refractivity contribution in [1.82, 2.24) is 20.6 Å². The van der Waals surface area contributed by atoms with Crippen LogP contribution >= 0.6 is 0 Å². The Morgan fingerprint density at radius 2 is 1.83 bits per heavy atom. The molecule has 0 bridgehead atoms. The second-order valence-corrected chi connectivity index (χ2v) is 7.57. The van der Waals surface area contributed by atoms with E-state index in [2.05, 4.69) is 20.6 Å². The van der Waals surface area contributed by atoms with Crippen LogP contribution in [0.4, 0.5) is 0 Å². The standard InChI is InChI=1S/C22H24N4O3/c27-20(13-17-11-14-5-1-2-8-18(14)21(28)26-17)24-15-6-3-7-16(12-15)25-22(29)19-9-4-10-23-19/h1-2,4-5,8-11,15-16,23H,3,6-7,12-13H2,(H,24,27)(H,25,29)(H,26,28). The SMILES string of the molecule is O=C(Cc1cc2ccccc2c(=O)[nH]1)NC1CCCC(NC(=O)c2ccc[nH]2)C1. The second kappa shape index (κ2) is 8.34. The molecule has 2 amide bonds. The number of nitrogens with one attached hydrogen (secondary N) is 4. The summed E-state index contributed by atoms with van der Waals surface area (Å²) in [5.74, 6) is -0.252. The van der Waals surface area contributed by atoms with Crippen molar-refractivity contribution >= 4 is 22.6 Å². The Balaban J connectivity index is 1.34. The molecular formula is C22H24N4O3. The van der Waals surface area contributed by atoms with Gasteiger partial charge in [-0.25, -0.2) is 0 Å². The Bertz CT molecular complexity index is 1070. The molecular weight excluding hydrogens is 368 g/mol. The largest absolute Gasteiger partial charge is 0.357 e. The summed E-state index contributed by atoms with van der Waals surface area (Å²) in [6.07, 6.45) is 5.26. The van der Waals surface area contributed by atoms with Gasteiger partial charge < -0.3 is 20.6 Å². The van der Waals surface area contributed by atoms with Crippen LogP contribution in [0.15, 0.2) is 53.5 Å². The van der Waals surface area contributed by atoms with Gasteiger partial charge in [-0.2, -0.15) is 0 Å².